The maximum atomic E-state index is 12.6. The van der Waals surface area contributed by atoms with Crippen LogP contribution in [-0.2, 0) is 16.6 Å². The number of ether oxygens (including phenoxy) is 1. The highest BCUT2D eigenvalue weighted by atomic mass is 32.2. The van der Waals surface area contributed by atoms with Crippen LogP contribution in [0.3, 0.4) is 0 Å². The number of anilines is 1. The maximum absolute atomic E-state index is 12.6. The van der Waals surface area contributed by atoms with E-state index < -0.39 is 27.0 Å². The van der Waals surface area contributed by atoms with Crippen LogP contribution in [-0.4, -0.2) is 37.8 Å². The first kappa shape index (κ1) is 21.3. The second-order valence-corrected chi connectivity index (χ2v) is 8.40. The summed E-state index contributed by atoms with van der Waals surface area (Å²) in [7, 11) is -4.26. The van der Waals surface area contributed by atoms with Gasteiger partial charge in [0.1, 0.15) is 10.6 Å². The molecule has 158 valence electrons. The molecule has 0 spiro atoms. The average molecular weight is 430 g/mol. The standard InChI is InChI=1S/C18H21F3N4O3S/c1-13-11-14(24-17(23-13)25-9-5-2-6-10-25)12-22-29(26,27)16-8-4-3-7-15(16)28-18(19,20)21/h3-4,7-8,11,22H,2,5-6,9-10,12H2,1H3. The van der Waals surface area contributed by atoms with Crippen LogP contribution in [0.5, 0.6) is 5.75 Å². The molecule has 0 saturated carbocycles. The van der Waals surface area contributed by atoms with E-state index in [0.29, 0.717) is 17.3 Å². The molecule has 11 heteroatoms. The average Bonchev–Trinajstić information content (AvgIpc) is 2.66. The number of aryl methyl sites for hydroxylation is 1. The Bertz CT molecular complexity index is 961. The van der Waals surface area contributed by atoms with E-state index in [9.17, 15) is 21.6 Å². The van der Waals surface area contributed by atoms with Gasteiger partial charge in [-0.1, -0.05) is 12.1 Å². The molecule has 1 aromatic heterocycles. The van der Waals surface area contributed by atoms with Gasteiger partial charge in [-0.15, -0.1) is 13.2 Å². The molecule has 1 saturated heterocycles. The number of rotatable bonds is 6. The van der Waals surface area contributed by atoms with Gasteiger partial charge >= 0.3 is 6.36 Å². The fourth-order valence-electron chi connectivity index (χ4n) is 3.07. The normalized spacial score (nSPS) is 15.4. The molecule has 0 amide bonds. The number of para-hydroxylation sites is 1. The van der Waals surface area contributed by atoms with E-state index in [-0.39, 0.29) is 6.54 Å². The minimum atomic E-state index is -5.00. The van der Waals surface area contributed by atoms with Crippen molar-refractivity contribution in [2.45, 2.75) is 44.0 Å². The van der Waals surface area contributed by atoms with Crippen molar-refractivity contribution >= 4 is 16.0 Å². The van der Waals surface area contributed by atoms with E-state index in [4.69, 9.17) is 0 Å². The molecule has 2 aromatic rings. The van der Waals surface area contributed by atoms with Gasteiger partial charge in [0.2, 0.25) is 16.0 Å². The highest BCUT2D eigenvalue weighted by molar-refractivity contribution is 7.89. The molecule has 1 aliphatic rings. The monoisotopic (exact) mass is 430 g/mol. The van der Waals surface area contributed by atoms with E-state index in [1.165, 1.54) is 12.1 Å². The van der Waals surface area contributed by atoms with Crippen molar-refractivity contribution in [1.82, 2.24) is 14.7 Å². The zero-order valence-corrected chi connectivity index (χ0v) is 16.6. The highest BCUT2D eigenvalue weighted by Gasteiger charge is 2.34. The number of piperidine rings is 1. The van der Waals surface area contributed by atoms with E-state index in [1.54, 1.807) is 13.0 Å². The van der Waals surface area contributed by atoms with Crippen molar-refractivity contribution < 1.29 is 26.3 Å². The van der Waals surface area contributed by atoms with Crippen LogP contribution in [0.25, 0.3) is 0 Å². The fourth-order valence-corrected chi connectivity index (χ4v) is 4.20. The lowest BCUT2D eigenvalue weighted by Crippen LogP contribution is -2.32. The van der Waals surface area contributed by atoms with Crippen LogP contribution >= 0.6 is 0 Å². The van der Waals surface area contributed by atoms with E-state index >= 15 is 0 Å². The molecular weight excluding hydrogens is 409 g/mol. The topological polar surface area (TPSA) is 84.4 Å². The van der Waals surface area contributed by atoms with Crippen LogP contribution in [0, 0.1) is 6.92 Å². The zero-order chi connectivity index (χ0) is 21.1. The number of hydrogen-bond acceptors (Lipinski definition) is 6. The predicted molar refractivity (Wildman–Crippen MR) is 100.0 cm³/mol. The number of halogens is 3. The molecule has 7 nitrogen and oxygen atoms in total. The summed E-state index contributed by atoms with van der Waals surface area (Å²) >= 11 is 0. The van der Waals surface area contributed by atoms with Crippen LogP contribution in [0.2, 0.25) is 0 Å². The van der Waals surface area contributed by atoms with Crippen molar-refractivity contribution in [2.24, 2.45) is 0 Å². The molecule has 0 unspecified atom stereocenters. The number of aromatic nitrogens is 2. The molecule has 1 N–H and O–H groups in total. The summed E-state index contributed by atoms with van der Waals surface area (Å²) in [5.74, 6) is -0.264. The molecular formula is C18H21F3N4O3S. The molecule has 0 bridgehead atoms. The Morgan fingerprint density at radius 3 is 2.52 bits per heavy atom. The van der Waals surface area contributed by atoms with Gasteiger partial charge in [0, 0.05) is 18.8 Å². The van der Waals surface area contributed by atoms with Gasteiger partial charge in [-0.2, -0.15) is 0 Å². The third-order valence-electron chi connectivity index (χ3n) is 4.34. The number of benzene rings is 1. The molecule has 2 heterocycles. The second kappa shape index (κ2) is 8.54. The predicted octanol–water partition coefficient (Wildman–Crippen LogP) is 3.15. The number of alkyl halides is 3. The van der Waals surface area contributed by atoms with Gasteiger partial charge in [-0.3, -0.25) is 0 Å². The quantitative estimate of drug-likeness (QED) is 0.758. The third-order valence-corrected chi connectivity index (χ3v) is 5.78. The van der Waals surface area contributed by atoms with Crippen molar-refractivity contribution in [1.29, 1.82) is 0 Å². The van der Waals surface area contributed by atoms with Crippen molar-refractivity contribution in [3.8, 4) is 5.75 Å². The number of hydrogen-bond donors (Lipinski definition) is 1. The van der Waals surface area contributed by atoms with Crippen LogP contribution in [0.1, 0.15) is 30.7 Å². The lowest BCUT2D eigenvalue weighted by molar-refractivity contribution is -0.275. The first-order valence-corrected chi connectivity index (χ1v) is 10.6. The summed E-state index contributed by atoms with van der Waals surface area (Å²) in [6, 6.07) is 6.22. The summed E-state index contributed by atoms with van der Waals surface area (Å²) in [4.78, 5) is 10.3. The minimum Gasteiger partial charge on any atom is -0.404 e. The van der Waals surface area contributed by atoms with Gasteiger partial charge in [0.15, 0.2) is 0 Å². The SMILES string of the molecule is Cc1cc(CNS(=O)(=O)c2ccccc2OC(F)(F)F)nc(N2CCCCC2)n1. The smallest absolute Gasteiger partial charge is 0.404 e. The molecule has 0 aliphatic carbocycles. The van der Waals surface area contributed by atoms with Crippen LogP contribution in [0.4, 0.5) is 19.1 Å². The Balaban J connectivity index is 1.78. The van der Waals surface area contributed by atoms with Crippen molar-refractivity contribution in [3.05, 3.63) is 41.7 Å². The Morgan fingerprint density at radius 2 is 1.83 bits per heavy atom. The number of nitrogens with zero attached hydrogens (tertiary/aromatic N) is 3. The minimum absolute atomic E-state index is 0.188. The molecule has 0 radical (unpaired) electrons. The van der Waals surface area contributed by atoms with E-state index in [1.807, 2.05) is 4.90 Å². The van der Waals surface area contributed by atoms with Gasteiger partial charge in [0.05, 0.1) is 12.2 Å². The summed E-state index contributed by atoms with van der Waals surface area (Å²) in [5.41, 5.74) is 1.10. The number of nitrogens with one attached hydrogen (secondary N) is 1. The summed E-state index contributed by atoms with van der Waals surface area (Å²) in [6.45, 7) is 3.25. The van der Waals surface area contributed by atoms with Crippen molar-refractivity contribution in [3.63, 3.8) is 0 Å². The van der Waals surface area contributed by atoms with Gasteiger partial charge in [-0.05, 0) is 44.4 Å². The third kappa shape index (κ3) is 5.80. The summed E-state index contributed by atoms with van der Waals surface area (Å²) < 4.78 is 69.0. The lowest BCUT2D eigenvalue weighted by Gasteiger charge is -2.27. The molecule has 1 fully saturated rings. The van der Waals surface area contributed by atoms with Crippen LogP contribution < -0.4 is 14.4 Å². The molecule has 1 aliphatic heterocycles. The molecule has 1 aromatic carbocycles. The maximum Gasteiger partial charge on any atom is 0.573 e. The highest BCUT2D eigenvalue weighted by Crippen LogP contribution is 2.29. The first-order valence-electron chi connectivity index (χ1n) is 9.08. The van der Waals surface area contributed by atoms with Gasteiger partial charge < -0.3 is 9.64 Å². The van der Waals surface area contributed by atoms with Gasteiger partial charge in [-0.25, -0.2) is 23.1 Å². The second-order valence-electron chi connectivity index (χ2n) is 6.67. The first-order chi connectivity index (χ1) is 13.6. The fraction of sp³-hybridized carbons (Fsp3) is 0.444. The molecule has 29 heavy (non-hydrogen) atoms. The largest absolute Gasteiger partial charge is 0.573 e. The van der Waals surface area contributed by atoms with E-state index in [0.717, 1.165) is 44.5 Å². The molecule has 0 atom stereocenters. The Hall–Kier alpha value is -2.40. The summed E-state index contributed by atoms with van der Waals surface area (Å²) in [5, 5.41) is 0. The Labute approximate surface area is 167 Å². The Kier molecular flexibility index (Phi) is 6.27. The zero-order valence-electron chi connectivity index (χ0n) is 15.7. The molecule has 3 rings (SSSR count). The van der Waals surface area contributed by atoms with E-state index in [2.05, 4.69) is 19.4 Å². The summed E-state index contributed by atoms with van der Waals surface area (Å²) in [6.07, 6.45) is -1.78. The Morgan fingerprint density at radius 1 is 1.14 bits per heavy atom. The van der Waals surface area contributed by atoms with Crippen LogP contribution in [0.15, 0.2) is 35.2 Å². The van der Waals surface area contributed by atoms with Gasteiger partial charge in [0.25, 0.3) is 0 Å². The van der Waals surface area contributed by atoms with Crippen molar-refractivity contribution in [2.75, 3.05) is 18.0 Å². The lowest BCUT2D eigenvalue weighted by atomic mass is 10.1. The number of sulfonamides is 1.